The van der Waals surface area contributed by atoms with Gasteiger partial charge in [0.15, 0.2) is 0 Å². The number of rotatable bonds is 12. The number of non-ortho nitro benzene ring substituents is 2. The van der Waals surface area contributed by atoms with Gasteiger partial charge in [-0.1, -0.05) is 0 Å². The van der Waals surface area contributed by atoms with Gasteiger partial charge in [-0.3, -0.25) is 60.7 Å². The van der Waals surface area contributed by atoms with E-state index in [0.717, 1.165) is 11.4 Å². The van der Waals surface area contributed by atoms with Crippen LogP contribution in [-0.2, 0) is 0 Å². The molecule has 264 valence electrons. The first-order valence-corrected chi connectivity index (χ1v) is 14.5. The highest BCUT2D eigenvalue weighted by Gasteiger charge is 2.32. The monoisotopic (exact) mass is 716 g/mol. The van der Waals surface area contributed by atoms with Gasteiger partial charge in [-0.05, 0) is 48.5 Å². The van der Waals surface area contributed by atoms with Crippen molar-refractivity contribution in [1.82, 2.24) is 0 Å². The molecule has 0 N–H and O–H groups in total. The topological polar surface area (TPSA) is 315 Å². The van der Waals surface area contributed by atoms with E-state index < -0.39 is 75.0 Å². The van der Waals surface area contributed by atoms with Crippen molar-refractivity contribution in [2.45, 2.75) is 0 Å². The Bertz CT molecular complexity index is 1960. The molecule has 4 aromatic carbocycles. The Morgan fingerprint density at radius 1 is 0.404 bits per heavy atom. The van der Waals surface area contributed by atoms with Crippen LogP contribution >= 0.6 is 0 Å². The van der Waals surface area contributed by atoms with Gasteiger partial charge in [-0.25, -0.2) is 0 Å². The summed E-state index contributed by atoms with van der Waals surface area (Å²) in [5.41, 5.74) is -4.93. The molecule has 1 saturated heterocycles. The summed E-state index contributed by atoms with van der Waals surface area (Å²) >= 11 is 0. The van der Waals surface area contributed by atoms with Crippen LogP contribution in [0.25, 0.3) is 0 Å². The zero-order valence-electron chi connectivity index (χ0n) is 26.0. The van der Waals surface area contributed by atoms with Crippen molar-refractivity contribution in [3.63, 3.8) is 0 Å². The summed E-state index contributed by atoms with van der Waals surface area (Å²) in [5.74, 6) is 0. The third-order valence-corrected chi connectivity index (χ3v) is 7.56. The van der Waals surface area contributed by atoms with Crippen LogP contribution < -0.4 is 9.80 Å². The SMILES string of the molecule is O=[N+]([O-])c1cc([N+](=O)[O-])c(N=Nc2ccc(N3CCN(c4ccc(N=Nc5c([N+](=O)[O-])cc([N+](=O)[O-])cc5[N+](=O)[O-])cc4)CC3)cc2)c([N+](=O)[O-])c1. The van der Waals surface area contributed by atoms with Crippen molar-refractivity contribution in [3.8, 4) is 0 Å². The standard InChI is InChI=1S/C28H20N12O12/c41-35(42)21-13-23(37(45)46)27(24(14-21)38(47)48)31-29-17-1-5-19(6-2-17)33-9-11-34(12-10-33)20-7-3-18(4-8-20)30-32-28-25(39(49)50)15-22(36(43)44)16-26(28)40(51)52/h1-8,13-16H,9-12H2. The van der Waals surface area contributed by atoms with E-state index >= 15 is 0 Å². The summed E-state index contributed by atoms with van der Waals surface area (Å²) < 4.78 is 0. The van der Waals surface area contributed by atoms with Gasteiger partial charge in [-0.2, -0.15) is 10.2 Å². The van der Waals surface area contributed by atoms with E-state index in [9.17, 15) is 60.7 Å². The first kappa shape index (κ1) is 35.4. The molecule has 0 aliphatic carbocycles. The fourth-order valence-electron chi connectivity index (χ4n) is 5.05. The van der Waals surface area contributed by atoms with Crippen LogP contribution in [-0.4, -0.2) is 55.7 Å². The fourth-order valence-corrected chi connectivity index (χ4v) is 5.05. The minimum Gasteiger partial charge on any atom is -0.368 e. The van der Waals surface area contributed by atoms with E-state index in [0.29, 0.717) is 50.4 Å². The van der Waals surface area contributed by atoms with E-state index in [1.165, 1.54) is 0 Å². The van der Waals surface area contributed by atoms with E-state index in [4.69, 9.17) is 0 Å². The lowest BCUT2D eigenvalue weighted by Gasteiger charge is -2.37. The van der Waals surface area contributed by atoms with Crippen molar-refractivity contribution in [2.75, 3.05) is 36.0 Å². The maximum Gasteiger partial charge on any atom is 0.310 e. The Hall–Kier alpha value is -7.92. The van der Waals surface area contributed by atoms with Gasteiger partial charge in [0.25, 0.3) is 11.4 Å². The quantitative estimate of drug-likeness (QED) is 0.0789. The molecular weight excluding hydrogens is 696 g/mol. The summed E-state index contributed by atoms with van der Waals surface area (Å²) in [6.45, 7) is 2.32. The van der Waals surface area contributed by atoms with E-state index in [1.807, 2.05) is 0 Å². The van der Waals surface area contributed by atoms with Crippen LogP contribution in [0.4, 0.5) is 68.2 Å². The van der Waals surface area contributed by atoms with Crippen molar-refractivity contribution < 1.29 is 29.5 Å². The number of anilines is 2. The number of hydrogen-bond acceptors (Lipinski definition) is 18. The first-order valence-electron chi connectivity index (χ1n) is 14.5. The number of azo groups is 2. The predicted octanol–water partition coefficient (Wildman–Crippen LogP) is 7.29. The molecule has 4 aromatic rings. The molecule has 24 heteroatoms. The van der Waals surface area contributed by atoms with Gasteiger partial charge in [0.2, 0.25) is 11.4 Å². The Balaban J connectivity index is 1.24. The molecule has 0 radical (unpaired) electrons. The largest absolute Gasteiger partial charge is 0.368 e. The van der Waals surface area contributed by atoms with E-state index in [-0.39, 0.29) is 11.4 Å². The number of hydrogen-bond donors (Lipinski definition) is 0. The zero-order valence-corrected chi connectivity index (χ0v) is 26.0. The highest BCUT2D eigenvalue weighted by atomic mass is 16.6. The molecule has 0 unspecified atom stereocenters. The predicted molar refractivity (Wildman–Crippen MR) is 178 cm³/mol. The molecule has 1 aliphatic rings. The van der Waals surface area contributed by atoms with Gasteiger partial charge in [0.1, 0.15) is 0 Å². The molecule has 0 saturated carbocycles. The van der Waals surface area contributed by atoms with Gasteiger partial charge in [0, 0.05) is 37.6 Å². The molecular formula is C28H20N12O12. The Kier molecular flexibility index (Phi) is 9.99. The smallest absolute Gasteiger partial charge is 0.310 e. The highest BCUT2D eigenvalue weighted by Crippen LogP contribution is 2.43. The summed E-state index contributed by atoms with van der Waals surface area (Å²) in [5, 5.41) is 83.2. The summed E-state index contributed by atoms with van der Waals surface area (Å²) in [6.07, 6.45) is 0. The Morgan fingerprint density at radius 2 is 0.673 bits per heavy atom. The average Bonchev–Trinajstić information content (AvgIpc) is 3.12. The van der Waals surface area contributed by atoms with Crippen LogP contribution in [0, 0.1) is 60.7 Å². The van der Waals surface area contributed by atoms with E-state index in [2.05, 4.69) is 30.3 Å². The molecule has 0 aromatic heterocycles. The molecule has 24 nitrogen and oxygen atoms in total. The number of nitrogens with zero attached hydrogens (tertiary/aromatic N) is 12. The second kappa shape index (κ2) is 14.7. The van der Waals surface area contributed by atoms with Gasteiger partial charge in [0.05, 0.1) is 65.2 Å². The summed E-state index contributed by atoms with van der Waals surface area (Å²) in [7, 11) is 0. The molecule has 1 heterocycles. The molecule has 5 rings (SSSR count). The summed E-state index contributed by atoms with van der Waals surface area (Å²) in [4.78, 5) is 66.1. The number of nitro groups is 6. The normalized spacial score (nSPS) is 13.0. The Labute approximate surface area is 287 Å². The van der Waals surface area contributed by atoms with Crippen molar-refractivity contribution in [1.29, 1.82) is 0 Å². The van der Waals surface area contributed by atoms with Crippen molar-refractivity contribution in [2.24, 2.45) is 20.5 Å². The average molecular weight is 717 g/mol. The summed E-state index contributed by atoms with van der Waals surface area (Å²) in [6, 6.07) is 15.3. The molecule has 52 heavy (non-hydrogen) atoms. The number of piperazine rings is 1. The lowest BCUT2D eigenvalue weighted by atomic mass is 10.2. The van der Waals surface area contributed by atoms with Crippen LogP contribution in [0.3, 0.4) is 0 Å². The van der Waals surface area contributed by atoms with Crippen molar-refractivity contribution in [3.05, 3.63) is 133 Å². The second-order valence-electron chi connectivity index (χ2n) is 10.6. The maximum absolute atomic E-state index is 11.5. The Morgan fingerprint density at radius 3 is 0.904 bits per heavy atom. The van der Waals surface area contributed by atoms with Crippen LogP contribution in [0.2, 0.25) is 0 Å². The lowest BCUT2D eigenvalue weighted by molar-refractivity contribution is -0.402. The first-order chi connectivity index (χ1) is 24.7. The van der Waals surface area contributed by atoms with Gasteiger partial charge >= 0.3 is 22.7 Å². The van der Waals surface area contributed by atoms with Gasteiger partial charge < -0.3 is 9.80 Å². The molecule has 0 atom stereocenters. The zero-order chi connectivity index (χ0) is 37.7. The second-order valence-corrected chi connectivity index (χ2v) is 10.6. The molecule has 0 bridgehead atoms. The van der Waals surface area contributed by atoms with Crippen molar-refractivity contribution >= 4 is 68.2 Å². The highest BCUT2D eigenvalue weighted by molar-refractivity contribution is 5.75. The molecule has 1 aliphatic heterocycles. The van der Waals surface area contributed by atoms with Crippen LogP contribution in [0.5, 0.6) is 0 Å². The van der Waals surface area contributed by atoms with Crippen LogP contribution in [0.1, 0.15) is 0 Å². The third-order valence-electron chi connectivity index (χ3n) is 7.56. The van der Waals surface area contributed by atoms with Crippen LogP contribution in [0.15, 0.2) is 93.3 Å². The molecule has 0 spiro atoms. The molecule has 0 amide bonds. The van der Waals surface area contributed by atoms with Gasteiger partial charge in [-0.15, -0.1) is 10.2 Å². The molecule has 1 fully saturated rings. The van der Waals surface area contributed by atoms with E-state index in [1.54, 1.807) is 48.5 Å². The number of nitro benzene ring substituents is 6. The minimum absolute atomic E-state index is 0.208. The fraction of sp³-hybridized carbons (Fsp3) is 0.143. The lowest BCUT2D eigenvalue weighted by Crippen LogP contribution is -2.46. The number of benzene rings is 4. The maximum atomic E-state index is 11.5. The third kappa shape index (κ3) is 7.69. The minimum atomic E-state index is -1.02.